The van der Waals surface area contributed by atoms with E-state index in [-0.39, 0.29) is 11.8 Å². The van der Waals surface area contributed by atoms with Crippen LogP contribution in [0.4, 0.5) is 0 Å². The highest BCUT2D eigenvalue weighted by Gasteiger charge is 2.32. The van der Waals surface area contributed by atoms with Gasteiger partial charge in [0, 0.05) is 13.1 Å². The maximum atomic E-state index is 12.9. The van der Waals surface area contributed by atoms with Crippen molar-refractivity contribution in [2.75, 3.05) is 20.1 Å². The van der Waals surface area contributed by atoms with Crippen LogP contribution in [0.15, 0.2) is 42.5 Å². The van der Waals surface area contributed by atoms with Crippen molar-refractivity contribution in [2.24, 2.45) is 11.8 Å². The number of nitrogens with zero attached hydrogens (tertiary/aromatic N) is 1. The third-order valence-electron chi connectivity index (χ3n) is 5.11. The Hall–Kier alpha value is -1.87. The normalized spacial score (nSPS) is 22.5. The second-order valence-corrected chi connectivity index (χ2v) is 7.90. The molecule has 0 saturated carbocycles. The number of nitrogens with one attached hydrogen (secondary N) is 1. The molecule has 3 heteroatoms. The zero-order valence-electron chi connectivity index (χ0n) is 15.2. The molecule has 3 rings (SSSR count). The van der Waals surface area contributed by atoms with Gasteiger partial charge in [0.15, 0.2) is 0 Å². The molecule has 2 unspecified atom stereocenters. The third-order valence-corrected chi connectivity index (χ3v) is 5.11. The Balaban J connectivity index is 1.83. The number of benzene rings is 2. The number of hydrogen-bond acceptors (Lipinski definition) is 2. The van der Waals surface area contributed by atoms with Crippen molar-refractivity contribution < 1.29 is 4.79 Å². The van der Waals surface area contributed by atoms with Crippen molar-refractivity contribution >= 4 is 16.7 Å². The van der Waals surface area contributed by atoms with Gasteiger partial charge in [-0.3, -0.25) is 4.79 Å². The second-order valence-electron chi connectivity index (χ2n) is 7.90. The smallest absolute Gasteiger partial charge is 0.225 e. The highest BCUT2D eigenvalue weighted by Crippen LogP contribution is 2.29. The fraction of sp³-hybridized carbons (Fsp3) is 0.476. The fourth-order valence-corrected chi connectivity index (χ4v) is 4.06. The molecule has 1 aliphatic heterocycles. The molecule has 0 bridgehead atoms. The molecule has 1 N–H and O–H groups in total. The van der Waals surface area contributed by atoms with Crippen LogP contribution >= 0.6 is 0 Å². The van der Waals surface area contributed by atoms with Gasteiger partial charge in [0.1, 0.15) is 0 Å². The lowest BCUT2D eigenvalue weighted by molar-refractivity contribution is -0.128. The molecule has 1 saturated heterocycles. The lowest BCUT2D eigenvalue weighted by Crippen LogP contribution is -2.49. The molecule has 0 radical (unpaired) electrons. The number of piperidine rings is 1. The van der Waals surface area contributed by atoms with Crippen molar-refractivity contribution in [1.29, 1.82) is 0 Å². The minimum absolute atomic E-state index is 0.0769. The highest BCUT2D eigenvalue weighted by molar-refractivity contribution is 5.88. The van der Waals surface area contributed by atoms with Crippen LogP contribution in [0.5, 0.6) is 0 Å². The fourth-order valence-electron chi connectivity index (χ4n) is 4.06. The number of hydrogen-bond donors (Lipinski definition) is 1. The molecule has 0 aliphatic carbocycles. The van der Waals surface area contributed by atoms with E-state index >= 15 is 0 Å². The first-order valence-electron chi connectivity index (χ1n) is 8.85. The van der Waals surface area contributed by atoms with Gasteiger partial charge in [-0.25, -0.2) is 0 Å². The first-order valence-corrected chi connectivity index (χ1v) is 8.85. The van der Waals surface area contributed by atoms with Gasteiger partial charge < -0.3 is 10.2 Å². The minimum atomic E-state index is -0.392. The molecule has 0 spiro atoms. The van der Waals surface area contributed by atoms with E-state index in [2.05, 4.69) is 80.5 Å². The van der Waals surface area contributed by atoms with Crippen molar-refractivity contribution in [3.63, 3.8) is 0 Å². The average molecular weight is 324 g/mol. The minimum Gasteiger partial charge on any atom is -0.347 e. The van der Waals surface area contributed by atoms with Crippen LogP contribution < -0.4 is 5.32 Å². The van der Waals surface area contributed by atoms with Crippen molar-refractivity contribution in [3.05, 3.63) is 48.0 Å². The van der Waals surface area contributed by atoms with Crippen LogP contribution in [0.3, 0.4) is 0 Å². The summed E-state index contributed by atoms with van der Waals surface area (Å²) in [5, 5.41) is 5.73. The van der Waals surface area contributed by atoms with Gasteiger partial charge in [-0.1, -0.05) is 49.4 Å². The largest absolute Gasteiger partial charge is 0.347 e. The zero-order chi connectivity index (χ0) is 17.3. The van der Waals surface area contributed by atoms with Gasteiger partial charge in [-0.05, 0) is 49.6 Å². The molecule has 24 heavy (non-hydrogen) atoms. The maximum Gasteiger partial charge on any atom is 0.225 e. The molecule has 1 fully saturated rings. The van der Waals surface area contributed by atoms with Gasteiger partial charge in [0.25, 0.3) is 0 Å². The predicted molar refractivity (Wildman–Crippen MR) is 99.9 cm³/mol. The predicted octanol–water partition coefficient (Wildman–Crippen LogP) is 3.78. The maximum absolute atomic E-state index is 12.9. The molecule has 1 aliphatic rings. The standard InChI is InChI=1S/C21H28N2O/c1-15-12-17(14-23(4)13-15)20(24)22-21(2,3)19-11-7-9-16-8-5-6-10-18(16)19/h5-11,15,17H,12-14H2,1-4H3,(H,22,24). The molecule has 2 aromatic carbocycles. The van der Waals surface area contributed by atoms with Gasteiger partial charge >= 0.3 is 0 Å². The number of carbonyl (C=O) groups excluding carboxylic acids is 1. The summed E-state index contributed by atoms with van der Waals surface area (Å²) in [5.74, 6) is 0.819. The number of amides is 1. The van der Waals surface area contributed by atoms with Crippen LogP contribution in [0.25, 0.3) is 10.8 Å². The summed E-state index contributed by atoms with van der Waals surface area (Å²) in [6.45, 7) is 8.36. The van der Waals surface area contributed by atoms with Gasteiger partial charge in [-0.2, -0.15) is 0 Å². The molecule has 1 heterocycles. The summed E-state index contributed by atoms with van der Waals surface area (Å²) in [6, 6.07) is 14.7. The first kappa shape index (κ1) is 17.0. The molecule has 0 aromatic heterocycles. The van der Waals surface area contributed by atoms with Crippen molar-refractivity contribution in [2.45, 2.75) is 32.7 Å². The summed E-state index contributed by atoms with van der Waals surface area (Å²) < 4.78 is 0. The third kappa shape index (κ3) is 3.46. The molecule has 128 valence electrons. The Morgan fingerprint density at radius 3 is 2.58 bits per heavy atom. The Bertz CT molecular complexity index is 722. The van der Waals surface area contributed by atoms with E-state index in [1.54, 1.807) is 0 Å². The van der Waals surface area contributed by atoms with E-state index in [0.29, 0.717) is 5.92 Å². The van der Waals surface area contributed by atoms with E-state index in [9.17, 15) is 4.79 Å². The van der Waals surface area contributed by atoms with Crippen LogP contribution in [-0.2, 0) is 10.3 Å². The van der Waals surface area contributed by atoms with E-state index in [4.69, 9.17) is 0 Å². The topological polar surface area (TPSA) is 32.3 Å². The van der Waals surface area contributed by atoms with E-state index in [1.165, 1.54) is 16.3 Å². The summed E-state index contributed by atoms with van der Waals surface area (Å²) in [4.78, 5) is 15.1. The van der Waals surface area contributed by atoms with Crippen LogP contribution in [-0.4, -0.2) is 30.9 Å². The molecule has 3 nitrogen and oxygen atoms in total. The number of carbonyl (C=O) groups is 1. The Morgan fingerprint density at radius 2 is 1.83 bits per heavy atom. The molecule has 2 aromatic rings. The first-order chi connectivity index (χ1) is 11.4. The van der Waals surface area contributed by atoms with E-state index in [1.807, 2.05) is 0 Å². The molecular formula is C21H28N2O. The quantitative estimate of drug-likeness (QED) is 0.932. The number of likely N-dealkylation sites (tertiary alicyclic amines) is 1. The number of rotatable bonds is 3. The molecular weight excluding hydrogens is 296 g/mol. The van der Waals surface area contributed by atoms with Crippen LogP contribution in [0.1, 0.15) is 32.8 Å². The summed E-state index contributed by atoms with van der Waals surface area (Å²) in [7, 11) is 2.10. The number of fused-ring (bicyclic) bond motifs is 1. The van der Waals surface area contributed by atoms with E-state index in [0.717, 1.165) is 19.5 Å². The SMILES string of the molecule is CC1CC(C(=O)NC(C)(C)c2cccc3ccccc23)CN(C)C1. The lowest BCUT2D eigenvalue weighted by Gasteiger charge is -2.36. The second kappa shape index (κ2) is 6.56. The van der Waals surface area contributed by atoms with Crippen LogP contribution in [0.2, 0.25) is 0 Å². The van der Waals surface area contributed by atoms with Gasteiger partial charge in [-0.15, -0.1) is 0 Å². The summed E-state index contributed by atoms with van der Waals surface area (Å²) >= 11 is 0. The Morgan fingerprint density at radius 1 is 1.12 bits per heavy atom. The zero-order valence-corrected chi connectivity index (χ0v) is 15.2. The average Bonchev–Trinajstić information content (AvgIpc) is 2.53. The Labute approximate surface area is 145 Å². The summed E-state index contributed by atoms with van der Waals surface area (Å²) in [5.41, 5.74) is 0.781. The summed E-state index contributed by atoms with van der Waals surface area (Å²) in [6.07, 6.45) is 0.974. The van der Waals surface area contributed by atoms with Crippen molar-refractivity contribution in [1.82, 2.24) is 10.2 Å². The Kier molecular flexibility index (Phi) is 4.64. The van der Waals surface area contributed by atoms with Gasteiger partial charge in [0.05, 0.1) is 11.5 Å². The van der Waals surface area contributed by atoms with Crippen LogP contribution in [0, 0.1) is 11.8 Å². The lowest BCUT2D eigenvalue weighted by atomic mass is 9.86. The molecule has 2 atom stereocenters. The highest BCUT2D eigenvalue weighted by atomic mass is 16.2. The van der Waals surface area contributed by atoms with Gasteiger partial charge in [0.2, 0.25) is 5.91 Å². The van der Waals surface area contributed by atoms with Crippen molar-refractivity contribution in [3.8, 4) is 0 Å². The monoisotopic (exact) mass is 324 g/mol. The van der Waals surface area contributed by atoms with E-state index < -0.39 is 5.54 Å². The molecule has 1 amide bonds.